The minimum atomic E-state index is 0.281. The number of hydrogen-bond acceptors (Lipinski definition) is 3. The van der Waals surface area contributed by atoms with E-state index in [4.69, 9.17) is 21.7 Å². The summed E-state index contributed by atoms with van der Waals surface area (Å²) in [5.74, 6) is 1.54. The van der Waals surface area contributed by atoms with Gasteiger partial charge in [0.15, 0.2) is 16.6 Å². The Morgan fingerprint density at radius 2 is 1.87 bits per heavy atom. The van der Waals surface area contributed by atoms with Gasteiger partial charge in [-0.3, -0.25) is 0 Å². The molecule has 0 aromatic heterocycles. The fraction of sp³-hybridized carbons (Fsp3) is 0.278. The summed E-state index contributed by atoms with van der Waals surface area (Å²) in [6.45, 7) is 1.18. The molecular weight excluding hydrogens is 308 g/mol. The van der Waals surface area contributed by atoms with E-state index >= 15 is 0 Å². The van der Waals surface area contributed by atoms with E-state index in [0.29, 0.717) is 18.3 Å². The fourth-order valence-corrected chi connectivity index (χ4v) is 3.41. The maximum absolute atomic E-state index is 5.60. The monoisotopic (exact) mass is 326 g/mol. The minimum absolute atomic E-state index is 0.281. The zero-order valence-corrected chi connectivity index (χ0v) is 13.5. The summed E-state index contributed by atoms with van der Waals surface area (Å²) in [5, 5.41) is 7.27. The van der Waals surface area contributed by atoms with Gasteiger partial charge in [0.25, 0.3) is 0 Å². The maximum Gasteiger partial charge on any atom is 0.171 e. The van der Waals surface area contributed by atoms with Crippen molar-refractivity contribution in [3.63, 3.8) is 0 Å². The zero-order valence-electron chi connectivity index (χ0n) is 12.7. The average molecular weight is 326 g/mol. The van der Waals surface area contributed by atoms with Crippen LogP contribution >= 0.6 is 12.2 Å². The van der Waals surface area contributed by atoms with Gasteiger partial charge in [-0.2, -0.15) is 0 Å². The Morgan fingerprint density at radius 1 is 1.04 bits per heavy atom. The molecule has 2 aliphatic rings. The molecule has 2 aromatic carbocycles. The van der Waals surface area contributed by atoms with Crippen LogP contribution in [0.4, 0.5) is 5.69 Å². The lowest BCUT2D eigenvalue weighted by molar-refractivity contribution is 0.171. The molecule has 1 aliphatic heterocycles. The second-order valence-electron chi connectivity index (χ2n) is 5.75. The van der Waals surface area contributed by atoms with Gasteiger partial charge in [0.1, 0.15) is 13.2 Å². The van der Waals surface area contributed by atoms with Crippen molar-refractivity contribution in [2.75, 3.05) is 18.5 Å². The molecule has 1 unspecified atom stereocenters. The standard InChI is InChI=1S/C18H18N2O2S/c23-18(20-15-7-5-12-3-1-2-4-14(12)15)19-13-6-8-16-17(11-13)22-10-9-21-16/h1-4,6,8,11,15H,5,7,9-10H2,(H2,19,20,23). The van der Waals surface area contributed by atoms with Crippen LogP contribution in [-0.2, 0) is 6.42 Å². The summed E-state index contributed by atoms with van der Waals surface area (Å²) < 4.78 is 11.1. The molecule has 0 saturated heterocycles. The van der Waals surface area contributed by atoms with Gasteiger partial charge in [0, 0.05) is 11.8 Å². The van der Waals surface area contributed by atoms with Crippen molar-refractivity contribution in [1.29, 1.82) is 0 Å². The molecule has 0 bridgehead atoms. The van der Waals surface area contributed by atoms with Crippen LogP contribution in [0.5, 0.6) is 11.5 Å². The summed E-state index contributed by atoms with van der Waals surface area (Å²) in [5.41, 5.74) is 3.66. The summed E-state index contributed by atoms with van der Waals surface area (Å²) in [4.78, 5) is 0. The van der Waals surface area contributed by atoms with Gasteiger partial charge in [0.2, 0.25) is 0 Å². The first kappa shape index (κ1) is 14.3. The van der Waals surface area contributed by atoms with Crippen molar-refractivity contribution in [3.05, 3.63) is 53.6 Å². The molecule has 1 heterocycles. The van der Waals surface area contributed by atoms with Crippen LogP contribution in [0.15, 0.2) is 42.5 Å². The average Bonchev–Trinajstić information content (AvgIpc) is 2.98. The highest BCUT2D eigenvalue weighted by Crippen LogP contribution is 2.33. The van der Waals surface area contributed by atoms with Crippen LogP contribution in [0, 0.1) is 0 Å². The molecule has 23 heavy (non-hydrogen) atoms. The number of aryl methyl sites for hydroxylation is 1. The van der Waals surface area contributed by atoms with E-state index in [1.165, 1.54) is 11.1 Å². The SMILES string of the molecule is S=C(Nc1ccc2c(c1)OCCO2)NC1CCc2ccccc21. The first-order valence-corrected chi connectivity index (χ1v) is 8.25. The maximum atomic E-state index is 5.60. The summed E-state index contributed by atoms with van der Waals surface area (Å²) in [6, 6.07) is 14.6. The fourth-order valence-electron chi connectivity index (χ4n) is 3.15. The molecule has 5 heteroatoms. The lowest BCUT2D eigenvalue weighted by Crippen LogP contribution is -2.31. The molecule has 4 nitrogen and oxygen atoms in total. The third-order valence-electron chi connectivity index (χ3n) is 4.24. The highest BCUT2D eigenvalue weighted by atomic mass is 32.1. The Labute approximate surface area is 140 Å². The molecule has 0 amide bonds. The van der Waals surface area contributed by atoms with Crippen molar-refractivity contribution in [3.8, 4) is 11.5 Å². The van der Waals surface area contributed by atoms with Gasteiger partial charge in [0.05, 0.1) is 6.04 Å². The molecule has 4 rings (SSSR count). The highest BCUT2D eigenvalue weighted by Gasteiger charge is 2.22. The lowest BCUT2D eigenvalue weighted by atomic mass is 10.1. The third kappa shape index (κ3) is 2.97. The number of nitrogens with one attached hydrogen (secondary N) is 2. The molecule has 1 atom stereocenters. The van der Waals surface area contributed by atoms with Crippen LogP contribution in [0.1, 0.15) is 23.6 Å². The molecule has 0 radical (unpaired) electrons. The molecule has 1 aliphatic carbocycles. The van der Waals surface area contributed by atoms with Gasteiger partial charge in [-0.15, -0.1) is 0 Å². The third-order valence-corrected chi connectivity index (χ3v) is 4.46. The molecule has 118 valence electrons. The van der Waals surface area contributed by atoms with Crippen LogP contribution in [0.3, 0.4) is 0 Å². The number of hydrogen-bond donors (Lipinski definition) is 2. The number of rotatable bonds is 2. The van der Waals surface area contributed by atoms with Gasteiger partial charge >= 0.3 is 0 Å². The van der Waals surface area contributed by atoms with Crippen molar-refractivity contribution in [2.24, 2.45) is 0 Å². The van der Waals surface area contributed by atoms with Crippen molar-refractivity contribution >= 4 is 23.0 Å². The molecule has 0 saturated carbocycles. The summed E-state index contributed by atoms with van der Waals surface area (Å²) >= 11 is 5.46. The van der Waals surface area contributed by atoms with Gasteiger partial charge < -0.3 is 20.1 Å². The zero-order chi connectivity index (χ0) is 15.6. The minimum Gasteiger partial charge on any atom is -0.486 e. The Kier molecular flexibility index (Phi) is 3.79. The second-order valence-corrected chi connectivity index (χ2v) is 6.16. The molecule has 2 aromatic rings. The number of ether oxygens (including phenoxy) is 2. The Hall–Kier alpha value is -2.27. The van der Waals surface area contributed by atoms with Crippen LogP contribution in [0.2, 0.25) is 0 Å². The predicted molar refractivity (Wildman–Crippen MR) is 94.3 cm³/mol. The number of thiocarbonyl (C=S) groups is 1. The number of fused-ring (bicyclic) bond motifs is 2. The summed E-state index contributed by atoms with van der Waals surface area (Å²) in [6.07, 6.45) is 2.17. The Bertz CT molecular complexity index is 748. The number of benzene rings is 2. The predicted octanol–water partition coefficient (Wildman–Crippen LogP) is 3.43. The largest absolute Gasteiger partial charge is 0.486 e. The first-order valence-electron chi connectivity index (χ1n) is 7.84. The van der Waals surface area contributed by atoms with E-state index in [-0.39, 0.29) is 6.04 Å². The number of anilines is 1. The van der Waals surface area contributed by atoms with Crippen LogP contribution in [0.25, 0.3) is 0 Å². The van der Waals surface area contributed by atoms with E-state index in [1.54, 1.807) is 0 Å². The highest BCUT2D eigenvalue weighted by molar-refractivity contribution is 7.80. The summed E-state index contributed by atoms with van der Waals surface area (Å²) in [7, 11) is 0. The van der Waals surface area contributed by atoms with E-state index in [0.717, 1.165) is 30.0 Å². The van der Waals surface area contributed by atoms with Crippen LogP contribution in [-0.4, -0.2) is 18.3 Å². The quantitative estimate of drug-likeness (QED) is 0.828. The van der Waals surface area contributed by atoms with Crippen LogP contribution < -0.4 is 20.1 Å². The van der Waals surface area contributed by atoms with E-state index in [9.17, 15) is 0 Å². The lowest BCUT2D eigenvalue weighted by Gasteiger charge is -2.20. The van der Waals surface area contributed by atoms with Crippen molar-refractivity contribution < 1.29 is 9.47 Å². The van der Waals surface area contributed by atoms with Gasteiger partial charge in [-0.05, 0) is 48.3 Å². The normalized spacial score (nSPS) is 18.2. The molecule has 0 spiro atoms. The second kappa shape index (κ2) is 6.08. The van der Waals surface area contributed by atoms with Gasteiger partial charge in [-0.1, -0.05) is 24.3 Å². The van der Waals surface area contributed by atoms with Crippen molar-refractivity contribution in [1.82, 2.24) is 5.32 Å². The first-order chi connectivity index (χ1) is 11.3. The Balaban J connectivity index is 1.43. The van der Waals surface area contributed by atoms with E-state index in [1.807, 2.05) is 18.2 Å². The molecule has 2 N–H and O–H groups in total. The molecular formula is C18H18N2O2S. The van der Waals surface area contributed by atoms with Gasteiger partial charge in [-0.25, -0.2) is 0 Å². The van der Waals surface area contributed by atoms with E-state index in [2.05, 4.69) is 34.9 Å². The van der Waals surface area contributed by atoms with E-state index < -0.39 is 0 Å². The molecule has 0 fully saturated rings. The topological polar surface area (TPSA) is 42.5 Å². The Morgan fingerprint density at radius 3 is 2.78 bits per heavy atom. The van der Waals surface area contributed by atoms with Crippen molar-refractivity contribution in [2.45, 2.75) is 18.9 Å². The smallest absolute Gasteiger partial charge is 0.171 e.